The lowest BCUT2D eigenvalue weighted by atomic mass is 10.0. The highest BCUT2D eigenvalue weighted by Crippen LogP contribution is 2.31. The molecule has 174 valence electrons. The Morgan fingerprint density at radius 3 is 2.38 bits per heavy atom. The summed E-state index contributed by atoms with van der Waals surface area (Å²) in [7, 11) is 2.44. The molecule has 2 aromatic carbocycles. The molecular formula is C24H19ClN2O7. The van der Waals surface area contributed by atoms with Crippen molar-refractivity contribution in [2.75, 3.05) is 32.5 Å². The van der Waals surface area contributed by atoms with Gasteiger partial charge in [-0.25, -0.2) is 19.4 Å². The van der Waals surface area contributed by atoms with E-state index in [1.807, 2.05) is 0 Å². The van der Waals surface area contributed by atoms with Crippen LogP contribution < -0.4 is 4.90 Å². The molecule has 0 saturated heterocycles. The number of fused-ring (bicyclic) bond motifs is 1. The number of carbonyl (C=O) groups excluding carboxylic acids is 2. The van der Waals surface area contributed by atoms with Gasteiger partial charge in [0.05, 0.1) is 43.2 Å². The van der Waals surface area contributed by atoms with Gasteiger partial charge in [-0.1, -0.05) is 23.7 Å². The highest BCUT2D eigenvalue weighted by atomic mass is 35.5. The Morgan fingerprint density at radius 2 is 1.74 bits per heavy atom. The van der Waals surface area contributed by atoms with Gasteiger partial charge < -0.3 is 24.2 Å². The Kier molecular flexibility index (Phi) is 6.49. The summed E-state index contributed by atoms with van der Waals surface area (Å²) in [6.07, 6.45) is 0. The number of rotatable bonds is 5. The van der Waals surface area contributed by atoms with Crippen LogP contribution in [-0.4, -0.2) is 55.6 Å². The second-order valence-corrected chi connectivity index (χ2v) is 7.72. The predicted molar refractivity (Wildman–Crippen MR) is 124 cm³/mol. The zero-order valence-corrected chi connectivity index (χ0v) is 19.0. The molecule has 9 nitrogen and oxygen atoms in total. The summed E-state index contributed by atoms with van der Waals surface area (Å²) in [5, 5.41) is 10.5. The van der Waals surface area contributed by atoms with Gasteiger partial charge in [0.15, 0.2) is 0 Å². The number of carbonyl (C=O) groups is 3. The third-order valence-electron chi connectivity index (χ3n) is 5.31. The van der Waals surface area contributed by atoms with Crippen LogP contribution in [0.1, 0.15) is 10.4 Å². The van der Waals surface area contributed by atoms with E-state index in [1.54, 1.807) is 42.5 Å². The zero-order chi connectivity index (χ0) is 24.4. The summed E-state index contributed by atoms with van der Waals surface area (Å²) < 4.78 is 15.1. The monoisotopic (exact) mass is 482 g/mol. The SMILES string of the molecule is COC(=O)C1=C(C(=O)OC)N(c2ccc(-c3cc(C(=O)O)c4cc(Cl)ccc4n3)cc2)COC1. The van der Waals surface area contributed by atoms with Gasteiger partial charge in [-0.2, -0.15) is 0 Å². The van der Waals surface area contributed by atoms with E-state index in [0.717, 1.165) is 0 Å². The molecule has 2 heterocycles. The van der Waals surface area contributed by atoms with Crippen molar-refractivity contribution < 1.29 is 33.7 Å². The Balaban J connectivity index is 1.76. The van der Waals surface area contributed by atoms with Crippen molar-refractivity contribution in [1.82, 2.24) is 4.98 Å². The van der Waals surface area contributed by atoms with Gasteiger partial charge in [-0.05, 0) is 36.4 Å². The molecule has 0 spiro atoms. The van der Waals surface area contributed by atoms with Crippen molar-refractivity contribution in [2.24, 2.45) is 0 Å². The van der Waals surface area contributed by atoms with Gasteiger partial charge in [-0.15, -0.1) is 0 Å². The average molecular weight is 483 g/mol. The molecule has 1 aliphatic rings. The van der Waals surface area contributed by atoms with Crippen LogP contribution >= 0.6 is 11.6 Å². The average Bonchev–Trinajstić information content (AvgIpc) is 2.86. The Hall–Kier alpha value is -3.95. The maximum atomic E-state index is 12.5. The fourth-order valence-corrected chi connectivity index (χ4v) is 3.85. The Morgan fingerprint density at radius 1 is 1.03 bits per heavy atom. The van der Waals surface area contributed by atoms with E-state index < -0.39 is 17.9 Å². The molecule has 0 fully saturated rings. The van der Waals surface area contributed by atoms with Gasteiger partial charge in [0, 0.05) is 21.7 Å². The van der Waals surface area contributed by atoms with E-state index in [-0.39, 0.29) is 30.2 Å². The predicted octanol–water partition coefficient (Wildman–Crippen LogP) is 3.65. The molecule has 0 aliphatic carbocycles. The minimum absolute atomic E-state index is 0.0163. The summed E-state index contributed by atoms with van der Waals surface area (Å²) in [6, 6.07) is 13.2. The topological polar surface area (TPSA) is 115 Å². The molecule has 34 heavy (non-hydrogen) atoms. The number of aromatic carboxylic acids is 1. The molecule has 3 aromatic rings. The van der Waals surface area contributed by atoms with Gasteiger partial charge in [0.25, 0.3) is 0 Å². The summed E-state index contributed by atoms with van der Waals surface area (Å²) in [5.74, 6) is -2.49. The summed E-state index contributed by atoms with van der Waals surface area (Å²) in [6.45, 7) is -0.0723. The van der Waals surface area contributed by atoms with Crippen molar-refractivity contribution in [3.05, 3.63) is 70.4 Å². The molecular weight excluding hydrogens is 464 g/mol. The maximum absolute atomic E-state index is 12.5. The number of hydrogen-bond acceptors (Lipinski definition) is 8. The molecule has 1 aliphatic heterocycles. The van der Waals surface area contributed by atoms with Crippen molar-refractivity contribution in [3.63, 3.8) is 0 Å². The lowest BCUT2D eigenvalue weighted by Gasteiger charge is -2.31. The van der Waals surface area contributed by atoms with Crippen LogP contribution in [0.25, 0.3) is 22.2 Å². The summed E-state index contributed by atoms with van der Waals surface area (Å²) in [4.78, 5) is 42.5. The van der Waals surface area contributed by atoms with Gasteiger partial charge in [-0.3, -0.25) is 0 Å². The first-order valence-corrected chi connectivity index (χ1v) is 10.4. The zero-order valence-electron chi connectivity index (χ0n) is 18.2. The number of ether oxygens (including phenoxy) is 3. The number of nitrogens with zero attached hydrogens (tertiary/aromatic N) is 2. The van der Waals surface area contributed by atoms with Crippen molar-refractivity contribution in [1.29, 1.82) is 0 Å². The van der Waals surface area contributed by atoms with Crippen LogP contribution in [0.4, 0.5) is 5.69 Å². The van der Waals surface area contributed by atoms with Gasteiger partial charge in [0.1, 0.15) is 12.4 Å². The minimum Gasteiger partial charge on any atom is -0.478 e. The normalized spacial score (nSPS) is 13.7. The van der Waals surface area contributed by atoms with Crippen molar-refractivity contribution in [3.8, 4) is 11.3 Å². The first-order valence-electron chi connectivity index (χ1n) is 10.0. The fourth-order valence-electron chi connectivity index (χ4n) is 3.68. The first kappa shape index (κ1) is 23.2. The first-order chi connectivity index (χ1) is 16.3. The van der Waals surface area contributed by atoms with E-state index in [4.69, 9.17) is 25.8 Å². The number of aromatic nitrogens is 1. The standard InChI is InChI=1S/C24H19ClN2O7/c1-32-23(30)18-11-34-12-27(21(18)24(31)33-2)15-6-3-13(4-7-15)20-10-17(22(28)29)16-9-14(25)5-8-19(16)26-20/h3-10H,11-12H2,1-2H3,(H,28,29). The van der Waals surface area contributed by atoms with E-state index in [1.165, 1.54) is 25.2 Å². The number of halogens is 1. The Bertz CT molecular complexity index is 1340. The number of benzene rings is 2. The van der Waals surface area contributed by atoms with Crippen LogP contribution in [0.15, 0.2) is 59.8 Å². The number of hydrogen-bond donors (Lipinski definition) is 1. The molecule has 0 radical (unpaired) electrons. The largest absolute Gasteiger partial charge is 0.478 e. The summed E-state index contributed by atoms with van der Waals surface area (Å²) >= 11 is 6.03. The van der Waals surface area contributed by atoms with E-state index in [9.17, 15) is 19.5 Å². The van der Waals surface area contributed by atoms with E-state index in [2.05, 4.69) is 4.98 Å². The van der Waals surface area contributed by atoms with Crippen molar-refractivity contribution >= 4 is 46.1 Å². The lowest BCUT2D eigenvalue weighted by Crippen LogP contribution is -2.38. The van der Waals surface area contributed by atoms with E-state index in [0.29, 0.717) is 32.9 Å². The lowest BCUT2D eigenvalue weighted by molar-refractivity contribution is -0.140. The second kappa shape index (κ2) is 9.50. The van der Waals surface area contributed by atoms with Crippen LogP contribution in [0.5, 0.6) is 0 Å². The Labute approximate surface area is 199 Å². The minimum atomic E-state index is -1.10. The highest BCUT2D eigenvalue weighted by Gasteiger charge is 2.32. The van der Waals surface area contributed by atoms with Crippen molar-refractivity contribution in [2.45, 2.75) is 0 Å². The number of anilines is 1. The number of pyridine rings is 1. The third kappa shape index (κ3) is 4.30. The maximum Gasteiger partial charge on any atom is 0.355 e. The smallest absolute Gasteiger partial charge is 0.355 e. The van der Waals surface area contributed by atoms with Crippen LogP contribution in [0.3, 0.4) is 0 Å². The van der Waals surface area contributed by atoms with E-state index >= 15 is 0 Å². The number of carboxylic acid groups (broad SMARTS) is 1. The number of carboxylic acids is 1. The molecule has 0 atom stereocenters. The molecule has 4 rings (SSSR count). The molecule has 10 heteroatoms. The molecule has 0 saturated carbocycles. The van der Waals surface area contributed by atoms with Crippen LogP contribution in [-0.2, 0) is 23.8 Å². The third-order valence-corrected chi connectivity index (χ3v) is 5.54. The molecule has 1 aromatic heterocycles. The van der Waals surface area contributed by atoms with Gasteiger partial charge >= 0.3 is 17.9 Å². The van der Waals surface area contributed by atoms with Crippen LogP contribution in [0.2, 0.25) is 5.02 Å². The second-order valence-electron chi connectivity index (χ2n) is 7.28. The molecule has 0 unspecified atom stereocenters. The molecule has 0 amide bonds. The number of esters is 2. The fraction of sp³-hybridized carbons (Fsp3) is 0.167. The highest BCUT2D eigenvalue weighted by molar-refractivity contribution is 6.31. The van der Waals surface area contributed by atoms with Gasteiger partial charge in [0.2, 0.25) is 0 Å². The van der Waals surface area contributed by atoms with Crippen LogP contribution in [0, 0.1) is 0 Å². The number of methoxy groups -OCH3 is 2. The molecule has 0 bridgehead atoms. The summed E-state index contributed by atoms with van der Waals surface area (Å²) in [5.41, 5.74) is 2.30. The molecule has 1 N–H and O–H groups in total. The quantitative estimate of drug-likeness (QED) is 0.544.